The Hall–Kier alpha value is -1.23. The van der Waals surface area contributed by atoms with Gasteiger partial charge in [0.1, 0.15) is 11.9 Å². The van der Waals surface area contributed by atoms with E-state index in [9.17, 15) is 14.4 Å². The number of carboxylic acid groups (broad SMARTS) is 1. The van der Waals surface area contributed by atoms with Gasteiger partial charge in [0, 0.05) is 12.8 Å². The highest BCUT2D eigenvalue weighted by Crippen LogP contribution is 2.09. The van der Waals surface area contributed by atoms with Crippen LogP contribution in [-0.2, 0) is 14.4 Å². The van der Waals surface area contributed by atoms with E-state index >= 15 is 0 Å². The number of carbonyl (C=O) groups is 3. The van der Waals surface area contributed by atoms with Gasteiger partial charge in [-0.1, -0.05) is 26.2 Å². The minimum Gasteiger partial charge on any atom is -0.481 e. The molecule has 0 bridgehead atoms. The predicted octanol–water partition coefficient (Wildman–Crippen LogP) is 1.32. The minimum absolute atomic E-state index is 0.0266. The van der Waals surface area contributed by atoms with Gasteiger partial charge in [-0.2, -0.15) is 0 Å². The lowest BCUT2D eigenvalue weighted by Crippen LogP contribution is -2.10. The van der Waals surface area contributed by atoms with Crippen LogP contribution in [0.3, 0.4) is 0 Å². The van der Waals surface area contributed by atoms with Crippen LogP contribution in [0, 0.1) is 0 Å². The molecule has 1 atom stereocenters. The second-order valence-corrected chi connectivity index (χ2v) is 4.11. The van der Waals surface area contributed by atoms with Crippen LogP contribution >= 0.6 is 0 Å². The van der Waals surface area contributed by atoms with Crippen LogP contribution in [0.15, 0.2) is 0 Å². The van der Waals surface area contributed by atoms with Gasteiger partial charge >= 0.3 is 5.97 Å². The highest BCUT2D eigenvalue weighted by atomic mass is 16.4. The summed E-state index contributed by atoms with van der Waals surface area (Å²) in [6, 6.07) is 0. The Labute approximate surface area is 101 Å². The zero-order valence-electron chi connectivity index (χ0n) is 10.1. The number of hydrogen-bond acceptors (Lipinski definition) is 4. The third kappa shape index (κ3) is 8.56. The summed E-state index contributed by atoms with van der Waals surface area (Å²) >= 11 is 0. The van der Waals surface area contributed by atoms with E-state index in [4.69, 9.17) is 10.2 Å². The van der Waals surface area contributed by atoms with Crippen LogP contribution < -0.4 is 0 Å². The minimum atomic E-state index is -0.998. The Balaban J connectivity index is 0.000000302. The van der Waals surface area contributed by atoms with Gasteiger partial charge in [-0.05, 0) is 6.42 Å². The molecular formula is C12H20O5. The van der Waals surface area contributed by atoms with Crippen molar-refractivity contribution in [2.24, 2.45) is 0 Å². The summed E-state index contributed by atoms with van der Waals surface area (Å²) in [7, 11) is 0. The average molecular weight is 244 g/mol. The van der Waals surface area contributed by atoms with Gasteiger partial charge in [0.15, 0.2) is 5.78 Å². The molecule has 17 heavy (non-hydrogen) atoms. The van der Waals surface area contributed by atoms with Crippen LogP contribution in [0.5, 0.6) is 0 Å². The first-order valence-corrected chi connectivity index (χ1v) is 5.91. The molecule has 0 heterocycles. The molecule has 2 N–H and O–H groups in total. The lowest BCUT2D eigenvalue weighted by atomic mass is 10.2. The molecule has 1 aliphatic rings. The van der Waals surface area contributed by atoms with Crippen molar-refractivity contribution in [3.63, 3.8) is 0 Å². The SMILES string of the molecule is CCCCCCC(=O)O.O=C1CC(=O)C(O)C1. The highest BCUT2D eigenvalue weighted by Gasteiger charge is 2.28. The van der Waals surface area contributed by atoms with Gasteiger partial charge in [-0.15, -0.1) is 0 Å². The third-order valence-corrected chi connectivity index (χ3v) is 2.41. The fourth-order valence-electron chi connectivity index (χ4n) is 1.42. The van der Waals surface area contributed by atoms with E-state index in [0.717, 1.165) is 19.3 Å². The Bertz CT molecular complexity index is 272. The molecular weight excluding hydrogens is 224 g/mol. The number of unbranched alkanes of at least 4 members (excludes halogenated alkanes) is 3. The van der Waals surface area contributed by atoms with Crippen LogP contribution in [-0.4, -0.2) is 33.9 Å². The van der Waals surface area contributed by atoms with Crippen molar-refractivity contribution < 1.29 is 24.6 Å². The van der Waals surface area contributed by atoms with E-state index in [1.165, 1.54) is 6.42 Å². The quantitative estimate of drug-likeness (QED) is 0.562. The Morgan fingerprint density at radius 1 is 1.29 bits per heavy atom. The van der Waals surface area contributed by atoms with Gasteiger partial charge in [-0.3, -0.25) is 14.4 Å². The number of rotatable bonds is 5. The molecule has 0 amide bonds. The highest BCUT2D eigenvalue weighted by molar-refractivity contribution is 6.08. The summed E-state index contributed by atoms with van der Waals surface area (Å²) in [4.78, 5) is 30.6. The van der Waals surface area contributed by atoms with E-state index in [1.54, 1.807) is 0 Å². The van der Waals surface area contributed by atoms with Crippen molar-refractivity contribution in [2.75, 3.05) is 0 Å². The van der Waals surface area contributed by atoms with Crippen LogP contribution in [0.2, 0.25) is 0 Å². The summed E-state index contributed by atoms with van der Waals surface area (Å²) < 4.78 is 0. The van der Waals surface area contributed by atoms with Crippen LogP contribution in [0.4, 0.5) is 0 Å². The number of ketones is 2. The molecule has 1 rings (SSSR count). The topological polar surface area (TPSA) is 91.7 Å². The molecule has 0 radical (unpaired) electrons. The number of aliphatic hydroxyl groups is 1. The smallest absolute Gasteiger partial charge is 0.303 e. The Morgan fingerprint density at radius 2 is 1.94 bits per heavy atom. The molecule has 0 aromatic heterocycles. The summed E-state index contributed by atoms with van der Waals surface area (Å²) in [6.45, 7) is 2.11. The van der Waals surface area contributed by atoms with E-state index in [2.05, 4.69) is 6.92 Å². The number of Topliss-reactive ketones (excluding diaryl/α,β-unsaturated/α-hetero) is 2. The zero-order chi connectivity index (χ0) is 13.3. The number of aliphatic hydroxyl groups excluding tert-OH is 1. The predicted molar refractivity (Wildman–Crippen MR) is 61.6 cm³/mol. The van der Waals surface area contributed by atoms with Crippen LogP contribution in [0.25, 0.3) is 0 Å². The van der Waals surface area contributed by atoms with Crippen molar-refractivity contribution in [3.05, 3.63) is 0 Å². The summed E-state index contributed by atoms with van der Waals surface area (Å²) in [6.07, 6.45) is 3.52. The van der Waals surface area contributed by atoms with Crippen LogP contribution in [0.1, 0.15) is 51.9 Å². The molecule has 98 valence electrons. The lowest BCUT2D eigenvalue weighted by Gasteiger charge is -1.92. The standard InChI is InChI=1S/C7H14O2.C5H6O3/c1-2-3-4-5-6-7(8)9;6-3-1-4(7)5(8)2-3/h2-6H2,1H3,(H,8,9);4,7H,1-2H2. The van der Waals surface area contributed by atoms with Gasteiger partial charge in [-0.25, -0.2) is 0 Å². The molecule has 1 saturated carbocycles. The molecule has 0 aromatic rings. The number of carboxylic acids is 1. The van der Waals surface area contributed by atoms with Crippen molar-refractivity contribution in [3.8, 4) is 0 Å². The fraction of sp³-hybridized carbons (Fsp3) is 0.750. The van der Waals surface area contributed by atoms with Gasteiger partial charge < -0.3 is 10.2 Å². The summed E-state index contributed by atoms with van der Waals surface area (Å²) in [5, 5.41) is 16.8. The monoisotopic (exact) mass is 244 g/mol. The Morgan fingerprint density at radius 3 is 2.24 bits per heavy atom. The first kappa shape index (κ1) is 15.8. The maximum Gasteiger partial charge on any atom is 0.303 e. The molecule has 1 fully saturated rings. The van der Waals surface area contributed by atoms with E-state index in [1.807, 2.05) is 0 Å². The van der Waals surface area contributed by atoms with Gasteiger partial charge in [0.05, 0.1) is 6.42 Å². The molecule has 0 aliphatic heterocycles. The molecule has 5 heteroatoms. The van der Waals surface area contributed by atoms with Gasteiger partial charge in [0.2, 0.25) is 0 Å². The van der Waals surface area contributed by atoms with E-state index in [-0.39, 0.29) is 24.4 Å². The maximum atomic E-state index is 10.3. The molecule has 1 aliphatic carbocycles. The zero-order valence-corrected chi connectivity index (χ0v) is 10.1. The first-order chi connectivity index (χ1) is 7.97. The van der Waals surface area contributed by atoms with E-state index in [0.29, 0.717) is 6.42 Å². The second kappa shape index (κ2) is 8.87. The van der Waals surface area contributed by atoms with Crippen molar-refractivity contribution in [1.29, 1.82) is 0 Å². The Kier molecular flexibility index (Phi) is 8.23. The third-order valence-electron chi connectivity index (χ3n) is 2.41. The summed E-state index contributed by atoms with van der Waals surface area (Å²) in [5.41, 5.74) is 0. The second-order valence-electron chi connectivity index (χ2n) is 4.11. The lowest BCUT2D eigenvalue weighted by molar-refractivity contribution is -0.137. The number of aliphatic carboxylic acids is 1. The summed E-state index contributed by atoms with van der Waals surface area (Å²) in [5.74, 6) is -1.16. The molecule has 1 unspecified atom stereocenters. The molecule has 5 nitrogen and oxygen atoms in total. The van der Waals surface area contributed by atoms with Crippen molar-refractivity contribution in [2.45, 2.75) is 58.0 Å². The van der Waals surface area contributed by atoms with Crippen molar-refractivity contribution in [1.82, 2.24) is 0 Å². The number of hydrogen-bond donors (Lipinski definition) is 2. The number of carbonyl (C=O) groups excluding carboxylic acids is 2. The average Bonchev–Trinajstić information content (AvgIpc) is 2.52. The fourth-order valence-corrected chi connectivity index (χ4v) is 1.42. The largest absolute Gasteiger partial charge is 0.481 e. The normalized spacial score (nSPS) is 18.8. The first-order valence-electron chi connectivity index (χ1n) is 5.91. The van der Waals surface area contributed by atoms with Gasteiger partial charge in [0.25, 0.3) is 0 Å². The maximum absolute atomic E-state index is 10.3. The molecule has 0 spiro atoms. The van der Waals surface area contributed by atoms with Crippen molar-refractivity contribution >= 4 is 17.5 Å². The molecule has 0 saturated heterocycles. The molecule has 0 aromatic carbocycles. The van der Waals surface area contributed by atoms with E-state index < -0.39 is 12.1 Å².